The number of carboxylic acid groups (broad SMARTS) is 1. The van der Waals surface area contributed by atoms with Crippen molar-refractivity contribution in [2.45, 2.75) is 32.6 Å². The molecule has 0 aliphatic heterocycles. The summed E-state index contributed by atoms with van der Waals surface area (Å²) in [5.41, 5.74) is 0.362. The van der Waals surface area contributed by atoms with E-state index in [0.717, 1.165) is 0 Å². The summed E-state index contributed by atoms with van der Waals surface area (Å²) in [6.45, 7) is 14.1. The van der Waals surface area contributed by atoms with E-state index < -0.39 is 11.9 Å². The molecular weight excluding hydrogens is 640 g/mol. The fraction of sp³-hybridized carbons (Fsp3) is 0.844. The Morgan fingerprint density at radius 1 is 0.417 bits per heavy atom. The largest absolute Gasteiger partial charge is 0.481 e. The van der Waals surface area contributed by atoms with Gasteiger partial charge in [0.2, 0.25) is 0 Å². The normalized spacial score (nSPS) is 11.1. The van der Waals surface area contributed by atoms with Gasteiger partial charge in [-0.3, -0.25) is 9.59 Å². The highest BCUT2D eigenvalue weighted by atomic mass is 16.6. The molecule has 0 bridgehead atoms. The Hall–Kier alpha value is -2.25. The Labute approximate surface area is 284 Å². The van der Waals surface area contributed by atoms with Gasteiger partial charge in [0.1, 0.15) is 13.2 Å². The third kappa shape index (κ3) is 38.2. The number of hydrogen-bond donors (Lipinski definition) is 1. The molecule has 0 aliphatic carbocycles. The van der Waals surface area contributed by atoms with Gasteiger partial charge in [-0.2, -0.15) is 0 Å². The van der Waals surface area contributed by atoms with Crippen molar-refractivity contribution < 1.29 is 76.3 Å². The van der Waals surface area contributed by atoms with Gasteiger partial charge in [-0.05, 0) is 19.8 Å². The predicted octanol–water partition coefficient (Wildman–Crippen LogP) is 1.46. The number of ether oxygens (including phenoxy) is 12. The van der Waals surface area contributed by atoms with E-state index in [0.29, 0.717) is 144 Å². The summed E-state index contributed by atoms with van der Waals surface area (Å²) in [6.07, 6.45) is 1.22. The lowest BCUT2D eigenvalue weighted by Gasteiger charge is -2.09. The van der Waals surface area contributed by atoms with E-state index in [-0.39, 0.29) is 38.6 Å². The van der Waals surface area contributed by atoms with Gasteiger partial charge in [0.25, 0.3) is 0 Å². The maximum absolute atomic E-state index is 11.5. The fourth-order valence-corrected chi connectivity index (χ4v) is 3.23. The van der Waals surface area contributed by atoms with E-state index in [1.807, 2.05) is 0 Å². The molecule has 16 heteroatoms. The number of aliphatic carboxylic acids is 1. The SMILES string of the molecule is C=C(C)C(=O)OCCOCCOCCOCCOCCOCCOCCOCCOCCOCCOCCOC(=O)CCCCC(=O)O. The second-order valence-electron chi connectivity index (χ2n) is 9.86. The molecule has 0 aromatic rings. The molecule has 0 rings (SSSR count). The van der Waals surface area contributed by atoms with Crippen LogP contribution in [-0.4, -0.2) is 168 Å². The summed E-state index contributed by atoms with van der Waals surface area (Å²) in [4.78, 5) is 33.1. The minimum atomic E-state index is -0.866. The number of hydrogen-bond acceptors (Lipinski definition) is 15. The summed E-state index contributed by atoms with van der Waals surface area (Å²) in [5.74, 6) is -1.64. The Kier molecular flexibility index (Phi) is 35.8. The number of unbranched alkanes of at least 4 members (excludes halogenated alkanes) is 1. The average Bonchev–Trinajstić information content (AvgIpc) is 3.06. The number of rotatable bonds is 39. The van der Waals surface area contributed by atoms with Crippen LogP contribution < -0.4 is 0 Å². The van der Waals surface area contributed by atoms with Crippen LogP contribution in [0.3, 0.4) is 0 Å². The molecule has 0 unspecified atom stereocenters. The van der Waals surface area contributed by atoms with Crippen LogP contribution in [0.25, 0.3) is 0 Å². The molecule has 0 atom stereocenters. The van der Waals surface area contributed by atoms with Crippen molar-refractivity contribution in [3.63, 3.8) is 0 Å². The van der Waals surface area contributed by atoms with Gasteiger partial charge >= 0.3 is 17.9 Å². The molecule has 0 heterocycles. The van der Waals surface area contributed by atoms with E-state index in [1.165, 1.54) is 0 Å². The standard InChI is InChI=1S/C32H58O16/c1-29(2)32(36)48-28-26-46-24-22-44-20-18-42-16-14-40-12-10-38-8-7-37-9-11-39-13-15-41-17-19-43-21-23-45-25-27-47-31(35)6-4-3-5-30(33)34/h1,3-28H2,2H3,(H,33,34). The van der Waals surface area contributed by atoms with Crippen molar-refractivity contribution in [1.29, 1.82) is 0 Å². The number of carbonyl (C=O) groups is 3. The average molecular weight is 699 g/mol. The minimum absolute atomic E-state index is 0.0563. The van der Waals surface area contributed by atoms with Crippen LogP contribution in [0, 0.1) is 0 Å². The van der Waals surface area contributed by atoms with Gasteiger partial charge in [-0.25, -0.2) is 4.79 Å². The number of carboxylic acids is 1. The Morgan fingerprint density at radius 3 is 0.938 bits per heavy atom. The van der Waals surface area contributed by atoms with Crippen LogP contribution in [0.4, 0.5) is 0 Å². The molecule has 16 nitrogen and oxygen atoms in total. The molecule has 0 aromatic carbocycles. The maximum atomic E-state index is 11.5. The first kappa shape index (κ1) is 45.8. The van der Waals surface area contributed by atoms with E-state index >= 15 is 0 Å². The Morgan fingerprint density at radius 2 is 0.667 bits per heavy atom. The third-order valence-corrected chi connectivity index (χ3v) is 5.67. The van der Waals surface area contributed by atoms with Crippen molar-refractivity contribution in [2.24, 2.45) is 0 Å². The van der Waals surface area contributed by atoms with Gasteiger partial charge in [0, 0.05) is 18.4 Å². The first-order valence-electron chi connectivity index (χ1n) is 16.4. The monoisotopic (exact) mass is 698 g/mol. The quantitative estimate of drug-likeness (QED) is 0.0553. The predicted molar refractivity (Wildman–Crippen MR) is 171 cm³/mol. The van der Waals surface area contributed by atoms with Crippen molar-refractivity contribution in [3.8, 4) is 0 Å². The molecule has 0 spiro atoms. The summed E-state index contributed by atoms with van der Waals surface area (Å²) in [6, 6.07) is 0. The van der Waals surface area contributed by atoms with Crippen molar-refractivity contribution in [3.05, 3.63) is 12.2 Å². The van der Waals surface area contributed by atoms with Crippen LogP contribution in [-0.2, 0) is 71.2 Å². The van der Waals surface area contributed by atoms with Crippen molar-refractivity contribution >= 4 is 17.9 Å². The Balaban J connectivity index is 3.12. The molecule has 0 saturated heterocycles. The highest BCUT2D eigenvalue weighted by Gasteiger charge is 2.04. The molecule has 0 amide bonds. The van der Waals surface area contributed by atoms with Crippen molar-refractivity contribution in [2.75, 3.05) is 145 Å². The molecular formula is C32H58O16. The molecule has 0 fully saturated rings. The molecule has 0 saturated carbocycles. The van der Waals surface area contributed by atoms with E-state index in [9.17, 15) is 14.4 Å². The summed E-state index contributed by atoms with van der Waals surface area (Å²) in [7, 11) is 0. The van der Waals surface area contributed by atoms with Crippen LogP contribution in [0.15, 0.2) is 12.2 Å². The highest BCUT2D eigenvalue weighted by Crippen LogP contribution is 2.01. The van der Waals surface area contributed by atoms with Gasteiger partial charge in [0.15, 0.2) is 0 Å². The van der Waals surface area contributed by atoms with Gasteiger partial charge in [0.05, 0.1) is 132 Å². The lowest BCUT2D eigenvalue weighted by molar-refractivity contribution is -0.146. The second kappa shape index (κ2) is 37.6. The van der Waals surface area contributed by atoms with E-state index in [2.05, 4.69) is 6.58 Å². The first-order valence-corrected chi connectivity index (χ1v) is 16.4. The first-order chi connectivity index (χ1) is 23.4. The van der Waals surface area contributed by atoms with E-state index in [4.69, 9.17) is 61.9 Å². The Bertz CT molecular complexity index is 766. The lowest BCUT2D eigenvalue weighted by Crippen LogP contribution is -2.16. The summed E-state index contributed by atoms with van der Waals surface area (Å²) in [5, 5.41) is 8.54. The fourth-order valence-electron chi connectivity index (χ4n) is 3.23. The van der Waals surface area contributed by atoms with Gasteiger partial charge in [-0.15, -0.1) is 0 Å². The number of esters is 2. The topological polar surface area (TPSA) is 182 Å². The number of carbonyl (C=O) groups excluding carboxylic acids is 2. The minimum Gasteiger partial charge on any atom is -0.481 e. The summed E-state index contributed by atoms with van der Waals surface area (Å²) >= 11 is 0. The smallest absolute Gasteiger partial charge is 0.333 e. The van der Waals surface area contributed by atoms with Crippen LogP contribution in [0.5, 0.6) is 0 Å². The van der Waals surface area contributed by atoms with Crippen LogP contribution in [0.2, 0.25) is 0 Å². The van der Waals surface area contributed by atoms with E-state index in [1.54, 1.807) is 6.92 Å². The zero-order valence-electron chi connectivity index (χ0n) is 28.7. The highest BCUT2D eigenvalue weighted by molar-refractivity contribution is 5.86. The summed E-state index contributed by atoms with van der Waals surface area (Å²) < 4.78 is 64.0. The molecule has 1 N–H and O–H groups in total. The van der Waals surface area contributed by atoms with Gasteiger partial charge in [-0.1, -0.05) is 6.58 Å². The second-order valence-corrected chi connectivity index (χ2v) is 9.86. The molecule has 0 radical (unpaired) electrons. The van der Waals surface area contributed by atoms with Crippen LogP contribution >= 0.6 is 0 Å². The lowest BCUT2D eigenvalue weighted by atomic mass is 10.2. The van der Waals surface area contributed by atoms with Crippen LogP contribution in [0.1, 0.15) is 32.6 Å². The molecule has 0 aliphatic rings. The molecule has 0 aromatic heterocycles. The zero-order chi connectivity index (χ0) is 35.2. The van der Waals surface area contributed by atoms with Gasteiger partial charge < -0.3 is 61.9 Å². The molecule has 48 heavy (non-hydrogen) atoms. The zero-order valence-corrected chi connectivity index (χ0v) is 28.7. The molecule has 282 valence electrons. The maximum Gasteiger partial charge on any atom is 0.333 e. The third-order valence-electron chi connectivity index (χ3n) is 5.67. The van der Waals surface area contributed by atoms with Crippen molar-refractivity contribution in [1.82, 2.24) is 0 Å².